The number of quaternary nitrogens is 1. The topological polar surface area (TPSA) is 108 Å². The van der Waals surface area contributed by atoms with Crippen molar-refractivity contribution in [1.29, 1.82) is 0 Å². The molecular formula is C36H71N2O6P. The predicted octanol–water partition coefficient (Wildman–Crippen LogP) is 8.38. The Kier molecular flexibility index (Phi) is 28.5. The van der Waals surface area contributed by atoms with E-state index in [0.717, 1.165) is 51.4 Å². The van der Waals surface area contributed by atoms with Crippen molar-refractivity contribution in [2.45, 2.75) is 161 Å². The Balaban J connectivity index is 4.43. The maximum atomic E-state index is 12.7. The predicted molar refractivity (Wildman–Crippen MR) is 187 cm³/mol. The molecule has 3 atom stereocenters. The van der Waals surface area contributed by atoms with Crippen molar-refractivity contribution in [2.75, 3.05) is 40.9 Å². The number of nitrogens with one attached hydrogen (secondary N) is 1. The molecule has 0 fully saturated rings. The monoisotopic (exact) mass is 659 g/mol. The number of allylic oxidation sites excluding steroid dienone is 3. The van der Waals surface area contributed by atoms with Crippen LogP contribution >= 0.6 is 7.82 Å². The third-order valence-corrected chi connectivity index (χ3v) is 8.87. The number of carbonyl (C=O) groups excluding carboxylic acids is 1. The Hall–Kier alpha value is -1.02. The molecule has 0 saturated carbocycles. The van der Waals surface area contributed by atoms with Gasteiger partial charge in [-0.2, -0.15) is 0 Å². The van der Waals surface area contributed by atoms with Crippen LogP contribution in [-0.4, -0.2) is 68.5 Å². The summed E-state index contributed by atoms with van der Waals surface area (Å²) in [5.74, 6) is -0.212. The largest absolute Gasteiger partial charge is 0.756 e. The molecule has 0 saturated heterocycles. The molecule has 266 valence electrons. The number of phosphoric acid groups is 1. The number of hydrogen-bond acceptors (Lipinski definition) is 6. The van der Waals surface area contributed by atoms with Gasteiger partial charge in [0.1, 0.15) is 13.2 Å². The Bertz CT molecular complexity index is 799. The van der Waals surface area contributed by atoms with Crippen molar-refractivity contribution >= 4 is 13.7 Å². The zero-order chi connectivity index (χ0) is 33.7. The van der Waals surface area contributed by atoms with Crippen LogP contribution in [0, 0.1) is 0 Å². The Morgan fingerprint density at radius 3 is 1.73 bits per heavy atom. The lowest BCUT2D eigenvalue weighted by Gasteiger charge is -2.29. The number of aliphatic hydroxyl groups is 1. The second-order valence-electron chi connectivity index (χ2n) is 13.6. The molecule has 2 N–H and O–H groups in total. The van der Waals surface area contributed by atoms with Crippen LogP contribution in [0.3, 0.4) is 0 Å². The van der Waals surface area contributed by atoms with Gasteiger partial charge < -0.3 is 28.8 Å². The van der Waals surface area contributed by atoms with Crippen molar-refractivity contribution in [1.82, 2.24) is 5.32 Å². The van der Waals surface area contributed by atoms with E-state index in [4.69, 9.17) is 9.05 Å². The molecule has 0 bridgehead atoms. The maximum Gasteiger partial charge on any atom is 0.268 e. The van der Waals surface area contributed by atoms with Gasteiger partial charge in [0.2, 0.25) is 5.91 Å². The lowest BCUT2D eigenvalue weighted by Crippen LogP contribution is -2.45. The van der Waals surface area contributed by atoms with Gasteiger partial charge in [0.15, 0.2) is 0 Å². The van der Waals surface area contributed by atoms with E-state index >= 15 is 0 Å². The first-order valence-corrected chi connectivity index (χ1v) is 19.7. The molecule has 0 aliphatic heterocycles. The van der Waals surface area contributed by atoms with E-state index < -0.39 is 20.0 Å². The first kappa shape index (κ1) is 44.0. The first-order chi connectivity index (χ1) is 21.5. The van der Waals surface area contributed by atoms with Gasteiger partial charge in [-0.3, -0.25) is 9.36 Å². The van der Waals surface area contributed by atoms with Gasteiger partial charge in [-0.15, -0.1) is 0 Å². The van der Waals surface area contributed by atoms with Gasteiger partial charge in [0.05, 0.1) is 39.9 Å². The second kappa shape index (κ2) is 29.1. The van der Waals surface area contributed by atoms with Crippen LogP contribution in [0.1, 0.15) is 149 Å². The summed E-state index contributed by atoms with van der Waals surface area (Å²) >= 11 is 0. The molecule has 0 aromatic heterocycles. The molecule has 0 heterocycles. The van der Waals surface area contributed by atoms with E-state index in [-0.39, 0.29) is 19.1 Å². The highest BCUT2D eigenvalue weighted by molar-refractivity contribution is 7.45. The number of aliphatic hydroxyl groups excluding tert-OH is 1. The lowest BCUT2D eigenvalue weighted by atomic mass is 10.1. The minimum absolute atomic E-state index is 0.00265. The fraction of sp³-hybridized carbons (Fsp3) is 0.861. The van der Waals surface area contributed by atoms with E-state index in [0.29, 0.717) is 17.4 Å². The van der Waals surface area contributed by atoms with Gasteiger partial charge in [-0.05, 0) is 44.9 Å². The minimum Gasteiger partial charge on any atom is -0.756 e. The molecular weight excluding hydrogens is 587 g/mol. The van der Waals surface area contributed by atoms with Gasteiger partial charge in [-0.25, -0.2) is 0 Å². The fourth-order valence-electron chi connectivity index (χ4n) is 4.91. The summed E-state index contributed by atoms with van der Waals surface area (Å²) in [4.78, 5) is 25.0. The minimum atomic E-state index is -4.57. The zero-order valence-corrected chi connectivity index (χ0v) is 30.7. The molecule has 8 nitrogen and oxygen atoms in total. The van der Waals surface area contributed by atoms with Crippen LogP contribution in [0.25, 0.3) is 0 Å². The van der Waals surface area contributed by atoms with Crippen LogP contribution in [0.15, 0.2) is 24.3 Å². The average molecular weight is 659 g/mol. The Morgan fingerprint density at radius 1 is 0.756 bits per heavy atom. The van der Waals surface area contributed by atoms with E-state index in [1.165, 1.54) is 77.0 Å². The highest BCUT2D eigenvalue weighted by atomic mass is 31.2. The van der Waals surface area contributed by atoms with Crippen LogP contribution in [0.4, 0.5) is 0 Å². The van der Waals surface area contributed by atoms with Crippen molar-refractivity contribution in [3.8, 4) is 0 Å². The normalized spacial score (nSPS) is 15.1. The Morgan fingerprint density at radius 2 is 1.22 bits per heavy atom. The number of unbranched alkanes of at least 4 members (excludes halogenated alkanes) is 17. The molecule has 3 unspecified atom stereocenters. The third-order valence-electron chi connectivity index (χ3n) is 7.91. The van der Waals surface area contributed by atoms with Gasteiger partial charge in [-0.1, -0.05) is 122 Å². The molecule has 0 aliphatic carbocycles. The first-order valence-electron chi connectivity index (χ1n) is 18.2. The van der Waals surface area contributed by atoms with Crippen LogP contribution in [0.2, 0.25) is 0 Å². The molecule has 0 rings (SSSR count). The van der Waals surface area contributed by atoms with Gasteiger partial charge in [0.25, 0.3) is 7.82 Å². The molecule has 0 aliphatic rings. The van der Waals surface area contributed by atoms with Crippen LogP contribution in [0.5, 0.6) is 0 Å². The summed E-state index contributed by atoms with van der Waals surface area (Å²) in [6.45, 7) is 4.55. The number of rotatable bonds is 32. The number of likely N-dealkylation sites (N-methyl/N-ethyl adjacent to an activating group) is 1. The average Bonchev–Trinajstić information content (AvgIpc) is 2.97. The van der Waals surface area contributed by atoms with Crippen molar-refractivity contribution in [3.05, 3.63) is 24.3 Å². The number of hydrogen-bond donors (Lipinski definition) is 2. The smallest absolute Gasteiger partial charge is 0.268 e. The summed E-state index contributed by atoms with van der Waals surface area (Å²) in [6.07, 6.45) is 30.9. The van der Waals surface area contributed by atoms with Gasteiger partial charge >= 0.3 is 0 Å². The summed E-state index contributed by atoms with van der Waals surface area (Å²) in [7, 11) is 1.25. The zero-order valence-electron chi connectivity index (χ0n) is 29.8. The molecule has 0 aromatic carbocycles. The summed E-state index contributed by atoms with van der Waals surface area (Å²) in [5.41, 5.74) is 0. The summed E-state index contributed by atoms with van der Waals surface area (Å²) < 4.78 is 23.0. The fourth-order valence-corrected chi connectivity index (χ4v) is 5.63. The lowest BCUT2D eigenvalue weighted by molar-refractivity contribution is -0.870. The number of carbonyl (C=O) groups is 1. The molecule has 1 amide bonds. The molecule has 0 aromatic rings. The van der Waals surface area contributed by atoms with Crippen molar-refractivity contribution < 1.29 is 32.9 Å². The molecule has 45 heavy (non-hydrogen) atoms. The van der Waals surface area contributed by atoms with Gasteiger partial charge in [0, 0.05) is 6.42 Å². The number of nitrogens with zero attached hydrogens (tertiary/aromatic N) is 1. The SMILES string of the molecule is CCCCCCC/C=C/C(O)C(COP(=O)([O-])OCC[N+](C)(C)C)NC(=O)CCCCCCC/C=C\CCCCCCCCC. The molecule has 0 spiro atoms. The third kappa shape index (κ3) is 31.4. The second-order valence-corrected chi connectivity index (χ2v) is 15.0. The van der Waals surface area contributed by atoms with Crippen LogP contribution in [-0.2, 0) is 18.4 Å². The highest BCUT2D eigenvalue weighted by Crippen LogP contribution is 2.38. The Labute approximate surface area is 277 Å². The molecule has 9 heteroatoms. The standard InChI is InChI=1S/C36H71N2O6P/c1-6-8-10-12-14-15-16-17-18-19-20-21-22-24-26-28-30-36(40)37-34(35(39)29-27-25-23-13-11-9-7-2)33-44-45(41,42)43-32-31-38(3,4)5/h18-19,27,29,34-35,39H,6-17,20-26,28,30-33H2,1-5H3,(H-,37,40,41,42)/b19-18-,29-27+. The summed E-state index contributed by atoms with van der Waals surface area (Å²) in [5, 5.41) is 13.6. The number of amides is 1. The molecule has 0 radical (unpaired) electrons. The van der Waals surface area contributed by atoms with Crippen molar-refractivity contribution in [2.24, 2.45) is 0 Å². The maximum absolute atomic E-state index is 12.7. The summed E-state index contributed by atoms with van der Waals surface area (Å²) in [6, 6.07) is -0.883. The highest BCUT2D eigenvalue weighted by Gasteiger charge is 2.23. The van der Waals surface area contributed by atoms with E-state index in [1.54, 1.807) is 6.08 Å². The van der Waals surface area contributed by atoms with Crippen molar-refractivity contribution in [3.63, 3.8) is 0 Å². The number of phosphoric ester groups is 1. The van der Waals surface area contributed by atoms with E-state index in [2.05, 4.69) is 31.3 Å². The quantitative estimate of drug-likeness (QED) is 0.0325. The van der Waals surface area contributed by atoms with Crippen LogP contribution < -0.4 is 10.2 Å². The van der Waals surface area contributed by atoms with E-state index in [1.807, 2.05) is 27.2 Å². The van der Waals surface area contributed by atoms with E-state index in [9.17, 15) is 19.4 Å².